The highest BCUT2D eigenvalue weighted by molar-refractivity contribution is 6.32. The molecule has 1 aliphatic rings. The van der Waals surface area contributed by atoms with Gasteiger partial charge in [0.25, 0.3) is 0 Å². The molecule has 1 N–H and O–H groups in total. The lowest BCUT2D eigenvalue weighted by Gasteiger charge is -2.06. The maximum absolute atomic E-state index is 6.12. The number of hydrogen-bond donors (Lipinski definition) is 1. The third kappa shape index (κ3) is 1.30. The number of pyridine rings is 1. The van der Waals surface area contributed by atoms with Gasteiger partial charge in [0.15, 0.2) is 5.15 Å². The van der Waals surface area contributed by atoms with Crippen molar-refractivity contribution in [3.63, 3.8) is 0 Å². The number of aromatic nitrogens is 2. The van der Waals surface area contributed by atoms with Crippen LogP contribution in [0.2, 0.25) is 5.15 Å². The summed E-state index contributed by atoms with van der Waals surface area (Å²) >= 11 is 6.12. The molecule has 2 aromatic heterocycles. The Morgan fingerprint density at radius 3 is 2.93 bits per heavy atom. The Balaban J connectivity index is 2.34. The molecule has 0 aromatic carbocycles. The highest BCUT2D eigenvalue weighted by Crippen LogP contribution is 2.41. The van der Waals surface area contributed by atoms with E-state index in [9.17, 15) is 0 Å². The molecule has 0 saturated heterocycles. The van der Waals surface area contributed by atoms with Crippen LogP contribution in [0.5, 0.6) is 0 Å². The predicted octanol–water partition coefficient (Wildman–Crippen LogP) is 2.91. The van der Waals surface area contributed by atoms with E-state index < -0.39 is 0 Å². The Bertz CT molecular complexity index is 514. The van der Waals surface area contributed by atoms with E-state index in [2.05, 4.69) is 14.7 Å². The monoisotopic (exact) mass is 221 g/mol. The zero-order chi connectivity index (χ0) is 10.4. The van der Waals surface area contributed by atoms with Gasteiger partial charge < -0.3 is 5.32 Å². The van der Waals surface area contributed by atoms with Gasteiger partial charge in [-0.2, -0.15) is 0 Å². The normalized spacial score (nSPS) is 15.9. The highest BCUT2D eigenvalue weighted by Gasteiger charge is 2.29. The molecule has 3 rings (SSSR count). The Kier molecular flexibility index (Phi) is 1.89. The second-order valence-electron chi connectivity index (χ2n) is 3.92. The molecular weight excluding hydrogens is 210 g/mol. The summed E-state index contributed by atoms with van der Waals surface area (Å²) in [5, 5.41) is 3.78. The van der Waals surface area contributed by atoms with Crippen molar-refractivity contribution in [3.8, 4) is 0 Å². The Morgan fingerprint density at radius 1 is 1.47 bits per heavy atom. The third-order valence-corrected chi connectivity index (χ3v) is 3.12. The van der Waals surface area contributed by atoms with Gasteiger partial charge in [0.2, 0.25) is 0 Å². The number of nitrogens with one attached hydrogen (secondary N) is 1. The fraction of sp³-hybridized carbons (Fsp3) is 0.364. The Labute approximate surface area is 93.1 Å². The summed E-state index contributed by atoms with van der Waals surface area (Å²) in [6.07, 6.45) is 2.46. The summed E-state index contributed by atoms with van der Waals surface area (Å²) in [6.45, 7) is 0. The van der Waals surface area contributed by atoms with E-state index in [-0.39, 0.29) is 0 Å². The SMILES string of the molecule is CNc1cccc2c(Cl)nc(C3CC3)n12. The van der Waals surface area contributed by atoms with Crippen LogP contribution in [-0.2, 0) is 0 Å². The lowest BCUT2D eigenvalue weighted by Crippen LogP contribution is -2.00. The fourth-order valence-corrected chi connectivity index (χ4v) is 2.17. The van der Waals surface area contributed by atoms with Crippen molar-refractivity contribution in [1.82, 2.24) is 9.38 Å². The van der Waals surface area contributed by atoms with E-state index in [4.69, 9.17) is 11.6 Å². The van der Waals surface area contributed by atoms with Gasteiger partial charge in [0.05, 0.1) is 5.52 Å². The third-order valence-electron chi connectivity index (χ3n) is 2.84. The van der Waals surface area contributed by atoms with Crippen LogP contribution in [0.3, 0.4) is 0 Å². The first-order valence-electron chi connectivity index (χ1n) is 5.16. The van der Waals surface area contributed by atoms with E-state index in [0.717, 1.165) is 17.2 Å². The van der Waals surface area contributed by atoms with Crippen LogP contribution in [0.25, 0.3) is 5.52 Å². The molecule has 3 nitrogen and oxygen atoms in total. The van der Waals surface area contributed by atoms with Crippen molar-refractivity contribution >= 4 is 22.9 Å². The molecule has 0 radical (unpaired) electrons. The molecule has 0 spiro atoms. The quantitative estimate of drug-likeness (QED) is 0.845. The number of rotatable bonds is 2. The van der Waals surface area contributed by atoms with Gasteiger partial charge in [0.1, 0.15) is 11.6 Å². The first-order chi connectivity index (χ1) is 7.31. The fourth-order valence-electron chi connectivity index (χ4n) is 1.94. The second kappa shape index (κ2) is 3.14. The second-order valence-corrected chi connectivity index (χ2v) is 4.27. The molecule has 2 heterocycles. The van der Waals surface area contributed by atoms with Gasteiger partial charge in [-0.05, 0) is 25.0 Å². The Morgan fingerprint density at radius 2 is 2.27 bits per heavy atom. The topological polar surface area (TPSA) is 29.3 Å². The molecule has 1 fully saturated rings. The molecular formula is C11H12ClN3. The molecule has 2 aromatic rings. The minimum Gasteiger partial charge on any atom is -0.374 e. The molecule has 0 unspecified atom stereocenters. The van der Waals surface area contributed by atoms with Gasteiger partial charge in [0, 0.05) is 13.0 Å². The van der Waals surface area contributed by atoms with E-state index in [0.29, 0.717) is 11.1 Å². The van der Waals surface area contributed by atoms with Gasteiger partial charge in [-0.3, -0.25) is 4.40 Å². The molecule has 0 bridgehead atoms. The molecule has 0 amide bonds. The van der Waals surface area contributed by atoms with Crippen LogP contribution in [0.1, 0.15) is 24.6 Å². The summed E-state index contributed by atoms with van der Waals surface area (Å²) in [5.74, 6) is 2.74. The van der Waals surface area contributed by atoms with Gasteiger partial charge in [-0.15, -0.1) is 0 Å². The largest absolute Gasteiger partial charge is 0.374 e. The van der Waals surface area contributed by atoms with E-state index in [1.165, 1.54) is 12.8 Å². The molecule has 15 heavy (non-hydrogen) atoms. The van der Waals surface area contributed by atoms with Crippen LogP contribution in [0.4, 0.5) is 5.82 Å². The number of fused-ring (bicyclic) bond motifs is 1. The van der Waals surface area contributed by atoms with Crippen molar-refractivity contribution in [2.45, 2.75) is 18.8 Å². The minimum atomic E-state index is 0.597. The van der Waals surface area contributed by atoms with Gasteiger partial charge in [-0.25, -0.2) is 4.98 Å². The number of halogens is 1. The van der Waals surface area contributed by atoms with Crippen LogP contribution < -0.4 is 5.32 Å². The van der Waals surface area contributed by atoms with Crippen LogP contribution in [-0.4, -0.2) is 16.4 Å². The van der Waals surface area contributed by atoms with Crippen LogP contribution in [0, 0.1) is 0 Å². The molecule has 0 aliphatic heterocycles. The first kappa shape index (κ1) is 9.04. The summed E-state index contributed by atoms with van der Waals surface area (Å²) < 4.78 is 2.12. The number of anilines is 1. The lowest BCUT2D eigenvalue weighted by atomic mass is 10.3. The highest BCUT2D eigenvalue weighted by atomic mass is 35.5. The van der Waals surface area contributed by atoms with Crippen LogP contribution >= 0.6 is 11.6 Å². The first-order valence-corrected chi connectivity index (χ1v) is 5.53. The zero-order valence-corrected chi connectivity index (χ0v) is 9.25. The lowest BCUT2D eigenvalue weighted by molar-refractivity contribution is 0.923. The molecule has 0 atom stereocenters. The van der Waals surface area contributed by atoms with Gasteiger partial charge >= 0.3 is 0 Å². The van der Waals surface area contributed by atoms with E-state index in [1.807, 2.05) is 25.2 Å². The minimum absolute atomic E-state index is 0.597. The number of nitrogens with zero attached hydrogens (tertiary/aromatic N) is 2. The summed E-state index contributed by atoms with van der Waals surface area (Å²) in [6, 6.07) is 6.03. The molecule has 4 heteroatoms. The maximum Gasteiger partial charge on any atom is 0.155 e. The number of hydrogen-bond acceptors (Lipinski definition) is 2. The molecule has 78 valence electrons. The van der Waals surface area contributed by atoms with Crippen molar-refractivity contribution in [2.24, 2.45) is 0 Å². The van der Waals surface area contributed by atoms with Crippen molar-refractivity contribution < 1.29 is 0 Å². The van der Waals surface area contributed by atoms with E-state index in [1.54, 1.807) is 0 Å². The summed E-state index contributed by atoms with van der Waals surface area (Å²) in [7, 11) is 1.92. The average molecular weight is 222 g/mol. The summed E-state index contributed by atoms with van der Waals surface area (Å²) in [5.41, 5.74) is 0.991. The van der Waals surface area contributed by atoms with Gasteiger partial charge in [-0.1, -0.05) is 17.7 Å². The van der Waals surface area contributed by atoms with E-state index >= 15 is 0 Å². The molecule has 1 aliphatic carbocycles. The average Bonchev–Trinajstić information content (AvgIpc) is 3.04. The summed E-state index contributed by atoms with van der Waals surface area (Å²) in [4.78, 5) is 4.45. The predicted molar refractivity (Wildman–Crippen MR) is 61.7 cm³/mol. The Hall–Kier alpha value is -1.22. The van der Waals surface area contributed by atoms with Crippen molar-refractivity contribution in [3.05, 3.63) is 29.2 Å². The van der Waals surface area contributed by atoms with Crippen molar-refractivity contribution in [1.29, 1.82) is 0 Å². The van der Waals surface area contributed by atoms with Crippen molar-refractivity contribution in [2.75, 3.05) is 12.4 Å². The standard InChI is InChI=1S/C11H12ClN3/c1-13-9-4-2-3-8-10(12)14-11(15(8)9)7-5-6-7/h2-4,7,13H,5-6H2,1H3. The maximum atomic E-state index is 6.12. The number of imidazole rings is 1. The zero-order valence-electron chi connectivity index (χ0n) is 8.50. The van der Waals surface area contributed by atoms with Crippen LogP contribution in [0.15, 0.2) is 18.2 Å². The smallest absolute Gasteiger partial charge is 0.155 e. The molecule has 1 saturated carbocycles.